The summed E-state index contributed by atoms with van der Waals surface area (Å²) in [5.41, 5.74) is 1.11. The van der Waals surface area contributed by atoms with Crippen molar-refractivity contribution in [1.82, 2.24) is 5.32 Å². The molecule has 2 aliphatic heterocycles. The zero-order chi connectivity index (χ0) is 15.9. The molecule has 22 heavy (non-hydrogen) atoms. The van der Waals surface area contributed by atoms with Crippen molar-refractivity contribution in [3.63, 3.8) is 0 Å². The van der Waals surface area contributed by atoms with E-state index in [0.717, 1.165) is 12.2 Å². The minimum atomic E-state index is -4.96. The van der Waals surface area contributed by atoms with E-state index >= 15 is 0 Å². The van der Waals surface area contributed by atoms with Crippen LogP contribution in [0.4, 0.5) is 30.2 Å². The van der Waals surface area contributed by atoms with Crippen molar-refractivity contribution in [1.29, 1.82) is 0 Å². The molecule has 0 aromatic heterocycles. The summed E-state index contributed by atoms with van der Waals surface area (Å²) in [5, 5.41) is 7.55. The van der Waals surface area contributed by atoms with Gasteiger partial charge in [-0.25, -0.2) is 0 Å². The second kappa shape index (κ2) is 5.16. The van der Waals surface area contributed by atoms with Crippen molar-refractivity contribution in [3.05, 3.63) is 18.2 Å². The Morgan fingerprint density at radius 2 is 2.14 bits per heavy atom. The Balaban J connectivity index is 1.87. The fraction of sp³-hybridized carbons (Fsp3) is 0.385. The first-order chi connectivity index (χ1) is 10.4. The number of nitrogens with one attached hydrogen (secondary N) is 3. The van der Waals surface area contributed by atoms with Gasteiger partial charge in [0.1, 0.15) is 6.04 Å². The standard InChI is InChI=1S/C13H13F3N4O2/c14-13(15,16)12(22)18-7-1-2-9-8(5-7)19-11(21)10-6-17-3-4-20(9)10/h1-2,5,10,17H,3-4,6H2,(H,18,22)(H,19,21). The summed E-state index contributed by atoms with van der Waals surface area (Å²) in [7, 11) is 0. The second-order valence-corrected chi connectivity index (χ2v) is 5.09. The number of hydrogen-bond acceptors (Lipinski definition) is 4. The van der Waals surface area contributed by atoms with Crippen LogP contribution in [0.3, 0.4) is 0 Å². The fourth-order valence-corrected chi connectivity index (χ4v) is 2.61. The summed E-state index contributed by atoms with van der Waals surface area (Å²) in [6.07, 6.45) is -4.96. The average molecular weight is 314 g/mol. The van der Waals surface area contributed by atoms with Gasteiger partial charge in [0.25, 0.3) is 0 Å². The third-order valence-corrected chi connectivity index (χ3v) is 3.63. The maximum absolute atomic E-state index is 12.3. The van der Waals surface area contributed by atoms with Crippen LogP contribution in [0, 0.1) is 0 Å². The van der Waals surface area contributed by atoms with Gasteiger partial charge in [-0.15, -0.1) is 0 Å². The molecular weight excluding hydrogens is 301 g/mol. The van der Waals surface area contributed by atoms with Crippen LogP contribution in [0.2, 0.25) is 0 Å². The summed E-state index contributed by atoms with van der Waals surface area (Å²) in [5.74, 6) is -2.27. The van der Waals surface area contributed by atoms with Crippen LogP contribution >= 0.6 is 0 Å². The molecule has 1 atom stereocenters. The number of alkyl halides is 3. The minimum Gasteiger partial charge on any atom is -0.356 e. The number of anilines is 3. The largest absolute Gasteiger partial charge is 0.471 e. The van der Waals surface area contributed by atoms with Crippen molar-refractivity contribution in [2.45, 2.75) is 12.2 Å². The lowest BCUT2D eigenvalue weighted by Gasteiger charge is -2.41. The van der Waals surface area contributed by atoms with Crippen molar-refractivity contribution >= 4 is 28.9 Å². The average Bonchev–Trinajstić information content (AvgIpc) is 2.46. The zero-order valence-electron chi connectivity index (χ0n) is 11.3. The van der Waals surface area contributed by atoms with E-state index in [1.807, 2.05) is 4.90 Å². The number of amides is 2. The maximum atomic E-state index is 12.3. The van der Waals surface area contributed by atoms with Gasteiger partial charge in [-0.2, -0.15) is 13.2 Å². The lowest BCUT2D eigenvalue weighted by atomic mass is 10.1. The molecule has 1 fully saturated rings. The van der Waals surface area contributed by atoms with Crippen LogP contribution in [0.5, 0.6) is 0 Å². The van der Waals surface area contributed by atoms with E-state index in [0.29, 0.717) is 18.8 Å². The van der Waals surface area contributed by atoms with Crippen LogP contribution in [-0.2, 0) is 9.59 Å². The zero-order valence-corrected chi connectivity index (χ0v) is 11.3. The number of halogens is 3. The Morgan fingerprint density at radius 3 is 2.86 bits per heavy atom. The van der Waals surface area contributed by atoms with Crippen molar-refractivity contribution in [3.8, 4) is 0 Å². The number of piperazine rings is 1. The highest BCUT2D eigenvalue weighted by atomic mass is 19.4. The van der Waals surface area contributed by atoms with E-state index in [2.05, 4.69) is 10.6 Å². The van der Waals surface area contributed by atoms with E-state index in [1.165, 1.54) is 12.1 Å². The third kappa shape index (κ3) is 2.59. The molecule has 6 nitrogen and oxygen atoms in total. The monoisotopic (exact) mass is 314 g/mol. The van der Waals surface area contributed by atoms with Crippen molar-refractivity contribution in [2.24, 2.45) is 0 Å². The maximum Gasteiger partial charge on any atom is 0.471 e. The molecule has 3 rings (SSSR count). The van der Waals surface area contributed by atoms with Crippen LogP contribution in [0.1, 0.15) is 0 Å². The second-order valence-electron chi connectivity index (χ2n) is 5.09. The number of carbonyl (C=O) groups is 2. The Kier molecular flexibility index (Phi) is 3.44. The first kappa shape index (κ1) is 14.6. The Bertz CT molecular complexity index is 632. The molecule has 0 bridgehead atoms. The van der Waals surface area contributed by atoms with Crippen LogP contribution in [0.15, 0.2) is 18.2 Å². The summed E-state index contributed by atoms with van der Waals surface area (Å²) in [6, 6.07) is 3.98. The quantitative estimate of drug-likeness (QED) is 0.721. The summed E-state index contributed by atoms with van der Waals surface area (Å²) < 4.78 is 36.8. The van der Waals surface area contributed by atoms with E-state index in [1.54, 1.807) is 11.4 Å². The normalized spacial score (nSPS) is 20.8. The number of benzene rings is 1. The van der Waals surface area contributed by atoms with E-state index in [9.17, 15) is 22.8 Å². The van der Waals surface area contributed by atoms with Crippen molar-refractivity contribution in [2.75, 3.05) is 35.2 Å². The number of nitrogens with zero attached hydrogens (tertiary/aromatic N) is 1. The lowest BCUT2D eigenvalue weighted by molar-refractivity contribution is -0.167. The molecule has 9 heteroatoms. The van der Waals surface area contributed by atoms with Gasteiger partial charge in [-0.05, 0) is 18.2 Å². The first-order valence-corrected chi connectivity index (χ1v) is 6.67. The van der Waals surface area contributed by atoms with Crippen LogP contribution in [0.25, 0.3) is 0 Å². The molecule has 0 spiro atoms. The molecule has 3 N–H and O–H groups in total. The predicted octanol–water partition coefficient (Wildman–Crippen LogP) is 0.918. The van der Waals surface area contributed by atoms with Gasteiger partial charge < -0.3 is 20.9 Å². The van der Waals surface area contributed by atoms with Gasteiger partial charge in [0.15, 0.2) is 0 Å². The molecule has 1 aromatic carbocycles. The van der Waals surface area contributed by atoms with E-state index < -0.39 is 12.1 Å². The Hall–Kier alpha value is -2.29. The fourth-order valence-electron chi connectivity index (χ4n) is 2.61. The Morgan fingerprint density at radius 1 is 1.36 bits per heavy atom. The van der Waals surface area contributed by atoms with Gasteiger partial charge in [0.05, 0.1) is 11.4 Å². The molecule has 0 saturated carbocycles. The Labute approximate surface area is 123 Å². The summed E-state index contributed by atoms with van der Waals surface area (Å²) in [4.78, 5) is 24.9. The van der Waals surface area contributed by atoms with Gasteiger partial charge in [-0.1, -0.05) is 0 Å². The van der Waals surface area contributed by atoms with Gasteiger partial charge >= 0.3 is 12.1 Å². The highest BCUT2D eigenvalue weighted by Crippen LogP contribution is 2.35. The third-order valence-electron chi connectivity index (χ3n) is 3.63. The lowest BCUT2D eigenvalue weighted by Crippen LogP contribution is -2.58. The minimum absolute atomic E-state index is 0.0186. The van der Waals surface area contributed by atoms with Crippen LogP contribution in [-0.4, -0.2) is 43.7 Å². The molecule has 1 aromatic rings. The number of rotatable bonds is 1. The van der Waals surface area contributed by atoms with E-state index in [-0.39, 0.29) is 17.6 Å². The summed E-state index contributed by atoms with van der Waals surface area (Å²) in [6.45, 7) is 1.85. The molecular formula is C13H13F3N4O2. The highest BCUT2D eigenvalue weighted by Gasteiger charge is 2.39. The molecule has 2 amide bonds. The summed E-state index contributed by atoms with van der Waals surface area (Å²) >= 11 is 0. The first-order valence-electron chi connectivity index (χ1n) is 6.67. The van der Waals surface area contributed by atoms with E-state index in [4.69, 9.17) is 0 Å². The molecule has 0 radical (unpaired) electrons. The molecule has 0 aliphatic carbocycles. The number of hydrogen-bond donors (Lipinski definition) is 3. The van der Waals surface area contributed by atoms with Gasteiger partial charge in [0, 0.05) is 25.3 Å². The number of fused-ring (bicyclic) bond motifs is 3. The SMILES string of the molecule is O=C1Nc2cc(NC(=O)C(F)(F)F)ccc2N2CCNCC12. The van der Waals surface area contributed by atoms with Gasteiger partial charge in [-0.3, -0.25) is 9.59 Å². The molecule has 2 heterocycles. The van der Waals surface area contributed by atoms with Crippen LogP contribution < -0.4 is 20.9 Å². The highest BCUT2D eigenvalue weighted by molar-refractivity contribution is 6.05. The topological polar surface area (TPSA) is 73.5 Å². The van der Waals surface area contributed by atoms with Crippen molar-refractivity contribution < 1.29 is 22.8 Å². The smallest absolute Gasteiger partial charge is 0.356 e. The molecule has 1 unspecified atom stereocenters. The molecule has 2 aliphatic rings. The predicted molar refractivity (Wildman–Crippen MR) is 73.8 cm³/mol. The number of carbonyl (C=O) groups excluding carboxylic acids is 2. The van der Waals surface area contributed by atoms with Gasteiger partial charge in [0.2, 0.25) is 5.91 Å². The molecule has 118 valence electrons. The molecule has 1 saturated heterocycles.